The molecule has 3 aromatic rings. The van der Waals surface area contributed by atoms with E-state index in [1.807, 2.05) is 0 Å². The van der Waals surface area contributed by atoms with Gasteiger partial charge in [0.25, 0.3) is 0 Å². The highest BCUT2D eigenvalue weighted by Gasteiger charge is 2.18. The summed E-state index contributed by atoms with van der Waals surface area (Å²) in [4.78, 5) is 24.4. The number of rotatable bonds is 9. The van der Waals surface area contributed by atoms with E-state index in [9.17, 15) is 14.7 Å². The Hall–Kier alpha value is -2.84. The van der Waals surface area contributed by atoms with Crippen molar-refractivity contribution in [1.29, 1.82) is 0 Å². The molecule has 27 heavy (non-hydrogen) atoms. The maximum atomic E-state index is 12.4. The SMILES string of the molecule is CCOC(=O)c1cn(CCNCC[C@@H](O)c2ccco2)c2occc2c1=O. The lowest BCUT2D eigenvalue weighted by Gasteiger charge is -2.12. The van der Waals surface area contributed by atoms with Gasteiger partial charge in [-0.1, -0.05) is 0 Å². The standard InChI is InChI=1S/C19H22N2O6/c1-2-25-19(24)14-12-21(18-13(17(14)23)6-11-27-18)9-8-20-7-5-15(22)16-4-3-10-26-16/h3-4,6,10-12,15,20,22H,2,5,7-9H2,1H3/t15-/m1/s1. The summed E-state index contributed by atoms with van der Waals surface area (Å²) in [5, 5.41) is 13.5. The molecule has 8 nitrogen and oxygen atoms in total. The summed E-state index contributed by atoms with van der Waals surface area (Å²) in [6, 6.07) is 5.01. The van der Waals surface area contributed by atoms with Crippen LogP contribution >= 0.6 is 0 Å². The molecule has 1 atom stereocenters. The van der Waals surface area contributed by atoms with Crippen molar-refractivity contribution < 1.29 is 23.5 Å². The van der Waals surface area contributed by atoms with Gasteiger partial charge in [-0.15, -0.1) is 0 Å². The minimum absolute atomic E-state index is 0.0148. The van der Waals surface area contributed by atoms with E-state index >= 15 is 0 Å². The molecule has 0 fully saturated rings. The molecule has 0 saturated carbocycles. The molecule has 3 heterocycles. The maximum Gasteiger partial charge on any atom is 0.343 e. The van der Waals surface area contributed by atoms with Gasteiger partial charge >= 0.3 is 5.97 Å². The van der Waals surface area contributed by atoms with Crippen molar-refractivity contribution in [2.45, 2.75) is 26.0 Å². The zero-order valence-corrected chi connectivity index (χ0v) is 15.0. The third kappa shape index (κ3) is 4.29. The third-order valence-corrected chi connectivity index (χ3v) is 4.17. The van der Waals surface area contributed by atoms with Gasteiger partial charge in [-0.25, -0.2) is 4.79 Å². The van der Waals surface area contributed by atoms with Gasteiger partial charge in [0.15, 0.2) is 0 Å². The summed E-state index contributed by atoms with van der Waals surface area (Å²) in [5.74, 6) is -0.109. The predicted molar refractivity (Wildman–Crippen MR) is 97.6 cm³/mol. The summed E-state index contributed by atoms with van der Waals surface area (Å²) in [6.45, 7) is 3.50. The number of hydrogen-bond donors (Lipinski definition) is 2. The van der Waals surface area contributed by atoms with Crippen molar-refractivity contribution in [3.63, 3.8) is 0 Å². The minimum atomic E-state index is -0.660. The quantitative estimate of drug-likeness (QED) is 0.436. The number of fused-ring (bicyclic) bond motifs is 1. The molecule has 0 amide bonds. The van der Waals surface area contributed by atoms with E-state index in [-0.39, 0.29) is 12.2 Å². The van der Waals surface area contributed by atoms with Gasteiger partial charge in [0.1, 0.15) is 17.4 Å². The van der Waals surface area contributed by atoms with Crippen molar-refractivity contribution in [3.8, 4) is 0 Å². The van der Waals surface area contributed by atoms with E-state index in [0.717, 1.165) is 0 Å². The van der Waals surface area contributed by atoms with Crippen LogP contribution in [0.25, 0.3) is 11.1 Å². The van der Waals surface area contributed by atoms with E-state index in [4.69, 9.17) is 13.6 Å². The number of ether oxygens (including phenoxy) is 1. The highest BCUT2D eigenvalue weighted by molar-refractivity contribution is 5.92. The van der Waals surface area contributed by atoms with Crippen molar-refractivity contribution in [3.05, 3.63) is 58.5 Å². The molecule has 8 heteroatoms. The summed E-state index contributed by atoms with van der Waals surface area (Å²) in [7, 11) is 0. The lowest BCUT2D eigenvalue weighted by Crippen LogP contribution is -2.25. The Bertz CT molecular complexity index is 941. The van der Waals surface area contributed by atoms with E-state index < -0.39 is 17.5 Å². The fraction of sp³-hybridized carbons (Fsp3) is 0.368. The number of hydrogen-bond acceptors (Lipinski definition) is 7. The number of carbonyl (C=O) groups is 1. The zero-order chi connectivity index (χ0) is 19.2. The Morgan fingerprint density at radius 1 is 1.30 bits per heavy atom. The van der Waals surface area contributed by atoms with Crippen LogP contribution in [-0.4, -0.2) is 35.3 Å². The lowest BCUT2D eigenvalue weighted by atomic mass is 10.2. The Balaban J connectivity index is 1.62. The van der Waals surface area contributed by atoms with Crippen LogP contribution in [0.3, 0.4) is 0 Å². The highest BCUT2D eigenvalue weighted by Crippen LogP contribution is 2.16. The number of furan rings is 2. The first-order valence-corrected chi connectivity index (χ1v) is 8.81. The number of carbonyl (C=O) groups excluding carboxylic acids is 1. The molecule has 0 aromatic carbocycles. The Kier molecular flexibility index (Phi) is 6.10. The molecule has 0 aliphatic carbocycles. The molecule has 0 saturated heterocycles. The average molecular weight is 374 g/mol. The molecule has 2 N–H and O–H groups in total. The number of aliphatic hydroxyl groups excluding tert-OH is 1. The van der Waals surface area contributed by atoms with Crippen LogP contribution in [0.2, 0.25) is 0 Å². The topological polar surface area (TPSA) is 107 Å². The molecule has 0 radical (unpaired) electrons. The van der Waals surface area contributed by atoms with Crippen molar-refractivity contribution in [2.24, 2.45) is 0 Å². The van der Waals surface area contributed by atoms with Crippen molar-refractivity contribution in [1.82, 2.24) is 9.88 Å². The minimum Gasteiger partial charge on any atom is -0.467 e. The predicted octanol–water partition coefficient (Wildman–Crippen LogP) is 2.08. The highest BCUT2D eigenvalue weighted by atomic mass is 16.5. The third-order valence-electron chi connectivity index (χ3n) is 4.17. The van der Waals surface area contributed by atoms with E-state index in [0.29, 0.717) is 42.9 Å². The van der Waals surface area contributed by atoms with Crippen LogP contribution in [0.15, 0.2) is 50.6 Å². The van der Waals surface area contributed by atoms with Gasteiger partial charge in [-0.3, -0.25) is 4.79 Å². The first-order valence-electron chi connectivity index (χ1n) is 8.81. The van der Waals surface area contributed by atoms with Crippen LogP contribution < -0.4 is 10.7 Å². The largest absolute Gasteiger partial charge is 0.467 e. The van der Waals surface area contributed by atoms with E-state index in [1.54, 1.807) is 29.7 Å². The number of esters is 1. The van der Waals surface area contributed by atoms with Crippen LogP contribution in [0, 0.1) is 0 Å². The fourth-order valence-corrected chi connectivity index (χ4v) is 2.82. The second kappa shape index (κ2) is 8.70. The first-order chi connectivity index (χ1) is 13.1. The van der Waals surface area contributed by atoms with Gasteiger partial charge < -0.3 is 28.6 Å². The molecular weight excluding hydrogens is 352 g/mol. The number of nitrogens with zero attached hydrogens (tertiary/aromatic N) is 1. The summed E-state index contributed by atoms with van der Waals surface area (Å²) in [5.41, 5.74) is -0.00700. The van der Waals surface area contributed by atoms with Gasteiger partial charge in [0.2, 0.25) is 11.1 Å². The molecule has 3 aromatic heterocycles. The average Bonchev–Trinajstić information content (AvgIpc) is 3.35. The summed E-state index contributed by atoms with van der Waals surface area (Å²) in [6.07, 6.45) is 4.25. The Morgan fingerprint density at radius 2 is 2.15 bits per heavy atom. The molecule has 0 aliphatic heterocycles. The van der Waals surface area contributed by atoms with Gasteiger partial charge in [0, 0.05) is 19.3 Å². The van der Waals surface area contributed by atoms with Crippen molar-refractivity contribution in [2.75, 3.05) is 19.7 Å². The molecule has 0 aliphatic rings. The van der Waals surface area contributed by atoms with Crippen LogP contribution in [0.5, 0.6) is 0 Å². The second-order valence-corrected chi connectivity index (χ2v) is 6.00. The van der Waals surface area contributed by atoms with Gasteiger partial charge in [0.05, 0.1) is 24.5 Å². The zero-order valence-electron chi connectivity index (χ0n) is 15.0. The van der Waals surface area contributed by atoms with E-state index in [2.05, 4.69) is 5.32 Å². The first kappa shape index (κ1) is 18.9. The molecular formula is C19H22N2O6. The smallest absolute Gasteiger partial charge is 0.343 e. The molecule has 0 spiro atoms. The van der Waals surface area contributed by atoms with Crippen molar-refractivity contribution >= 4 is 17.1 Å². The van der Waals surface area contributed by atoms with Gasteiger partial charge in [-0.2, -0.15) is 0 Å². The van der Waals surface area contributed by atoms with Crippen LogP contribution in [-0.2, 0) is 11.3 Å². The number of aliphatic hydroxyl groups is 1. The maximum absolute atomic E-state index is 12.4. The molecule has 144 valence electrons. The molecule has 0 unspecified atom stereocenters. The number of pyridine rings is 1. The normalized spacial score (nSPS) is 12.4. The monoisotopic (exact) mass is 374 g/mol. The molecule has 3 rings (SSSR count). The Morgan fingerprint density at radius 3 is 2.89 bits per heavy atom. The lowest BCUT2D eigenvalue weighted by molar-refractivity contribution is 0.0524. The van der Waals surface area contributed by atoms with Crippen LogP contribution in [0.4, 0.5) is 0 Å². The van der Waals surface area contributed by atoms with Gasteiger partial charge in [-0.05, 0) is 38.1 Å². The van der Waals surface area contributed by atoms with Crippen LogP contribution in [0.1, 0.15) is 35.6 Å². The Labute approximate surface area is 155 Å². The fourth-order valence-electron chi connectivity index (χ4n) is 2.82. The second-order valence-electron chi connectivity index (χ2n) is 6.00. The summed E-state index contributed by atoms with van der Waals surface area (Å²) >= 11 is 0. The number of nitrogens with one attached hydrogen (secondary N) is 1. The summed E-state index contributed by atoms with van der Waals surface area (Å²) < 4.78 is 17.2. The molecule has 0 bridgehead atoms. The number of aromatic nitrogens is 1. The van der Waals surface area contributed by atoms with E-state index in [1.165, 1.54) is 18.7 Å².